The molecule has 31 heavy (non-hydrogen) atoms. The minimum Gasteiger partial charge on any atom is -0.493 e. The highest BCUT2D eigenvalue weighted by atomic mass is 16.5. The van der Waals surface area contributed by atoms with Crippen LogP contribution in [0.2, 0.25) is 0 Å². The molecule has 1 atom stereocenters. The molecule has 1 aromatic rings. The summed E-state index contributed by atoms with van der Waals surface area (Å²) >= 11 is 0. The highest BCUT2D eigenvalue weighted by Gasteiger charge is 2.44. The lowest BCUT2D eigenvalue weighted by atomic mass is 9.97. The van der Waals surface area contributed by atoms with Crippen molar-refractivity contribution in [3.05, 3.63) is 29.0 Å². The van der Waals surface area contributed by atoms with Crippen LogP contribution in [0, 0.1) is 0 Å². The van der Waals surface area contributed by atoms with Crippen LogP contribution in [0.1, 0.15) is 24.0 Å². The number of nitrogens with zero attached hydrogens (tertiary/aromatic N) is 2. The van der Waals surface area contributed by atoms with Crippen LogP contribution < -0.4 is 19.5 Å². The number of rotatable bonds is 5. The normalized spacial score (nSPS) is 21.0. The number of imide groups is 2. The minimum absolute atomic E-state index is 0.0821. The van der Waals surface area contributed by atoms with E-state index in [-0.39, 0.29) is 18.5 Å². The summed E-state index contributed by atoms with van der Waals surface area (Å²) in [7, 11) is 4.60. The molecule has 1 unspecified atom stereocenters. The Morgan fingerprint density at radius 3 is 2.39 bits per heavy atom. The number of amides is 4. The third-order valence-electron chi connectivity index (χ3n) is 5.82. The molecule has 3 aliphatic heterocycles. The Bertz CT molecular complexity index is 1020. The molecule has 0 aliphatic carbocycles. The molecule has 1 fully saturated rings. The van der Waals surface area contributed by atoms with Crippen LogP contribution in [-0.4, -0.2) is 67.3 Å². The summed E-state index contributed by atoms with van der Waals surface area (Å²) in [6.45, 7) is 0.826. The quantitative estimate of drug-likeness (QED) is 0.657. The highest BCUT2D eigenvalue weighted by Crippen LogP contribution is 2.44. The first-order valence-corrected chi connectivity index (χ1v) is 9.88. The number of methoxy groups -OCH3 is 3. The average molecular weight is 429 g/mol. The van der Waals surface area contributed by atoms with Crippen molar-refractivity contribution in [1.29, 1.82) is 0 Å². The van der Waals surface area contributed by atoms with Gasteiger partial charge in [0, 0.05) is 31.1 Å². The Balaban J connectivity index is 1.61. The molecule has 0 spiro atoms. The Kier molecular flexibility index (Phi) is 5.30. The van der Waals surface area contributed by atoms with Gasteiger partial charge in [-0.1, -0.05) is 0 Å². The number of fused-ring (bicyclic) bond motifs is 1. The smallest absolute Gasteiger partial charge is 0.277 e. The van der Waals surface area contributed by atoms with Crippen molar-refractivity contribution in [3.63, 3.8) is 0 Å². The zero-order chi connectivity index (χ0) is 22.3. The van der Waals surface area contributed by atoms with Crippen LogP contribution in [0.5, 0.6) is 17.2 Å². The number of ether oxygens (including phenoxy) is 3. The number of hydrogen-bond acceptors (Lipinski definition) is 8. The van der Waals surface area contributed by atoms with Crippen LogP contribution in [0.3, 0.4) is 0 Å². The van der Waals surface area contributed by atoms with E-state index < -0.39 is 29.7 Å². The van der Waals surface area contributed by atoms with E-state index in [1.54, 1.807) is 12.0 Å². The maximum Gasteiger partial charge on any atom is 0.277 e. The molecule has 10 nitrogen and oxygen atoms in total. The molecule has 164 valence electrons. The van der Waals surface area contributed by atoms with Gasteiger partial charge in [0.15, 0.2) is 11.5 Å². The fourth-order valence-electron chi connectivity index (χ4n) is 4.32. The molecule has 0 bridgehead atoms. The Morgan fingerprint density at radius 1 is 1.00 bits per heavy atom. The molecule has 1 aromatic carbocycles. The summed E-state index contributed by atoms with van der Waals surface area (Å²) in [5.74, 6) is -0.601. The van der Waals surface area contributed by atoms with Gasteiger partial charge in [-0.25, -0.2) is 0 Å². The number of carbonyl (C=O) groups is 4. The van der Waals surface area contributed by atoms with E-state index in [0.29, 0.717) is 36.8 Å². The van der Waals surface area contributed by atoms with E-state index in [9.17, 15) is 19.2 Å². The van der Waals surface area contributed by atoms with E-state index in [1.165, 1.54) is 20.3 Å². The number of piperidine rings is 1. The van der Waals surface area contributed by atoms with Gasteiger partial charge in [-0.2, -0.15) is 0 Å². The van der Waals surface area contributed by atoms with Gasteiger partial charge < -0.3 is 19.1 Å². The molecule has 1 N–H and O–H groups in total. The van der Waals surface area contributed by atoms with Crippen molar-refractivity contribution in [3.8, 4) is 17.2 Å². The summed E-state index contributed by atoms with van der Waals surface area (Å²) in [6, 6.07) is 0.905. The number of benzene rings is 1. The van der Waals surface area contributed by atoms with E-state index >= 15 is 0 Å². The van der Waals surface area contributed by atoms with Gasteiger partial charge in [-0.05, 0) is 24.5 Å². The maximum atomic E-state index is 13.1. The zero-order valence-corrected chi connectivity index (χ0v) is 17.5. The third kappa shape index (κ3) is 3.37. The topological polar surface area (TPSA) is 114 Å². The SMILES string of the molecule is COc1cc2c(c(OC)c1OC)CN(C1=CC(=O)N(C3CCC(=O)NC3=O)C1=O)CC2. The maximum absolute atomic E-state index is 13.1. The van der Waals surface area contributed by atoms with Crippen LogP contribution >= 0.6 is 0 Å². The molecule has 0 radical (unpaired) electrons. The summed E-state index contributed by atoms with van der Waals surface area (Å²) < 4.78 is 16.4. The van der Waals surface area contributed by atoms with Gasteiger partial charge in [-0.3, -0.25) is 29.4 Å². The first-order valence-electron chi connectivity index (χ1n) is 9.88. The van der Waals surface area contributed by atoms with E-state index in [2.05, 4.69) is 5.32 Å². The van der Waals surface area contributed by atoms with Crippen molar-refractivity contribution in [1.82, 2.24) is 15.1 Å². The van der Waals surface area contributed by atoms with Crippen molar-refractivity contribution in [2.24, 2.45) is 0 Å². The molecule has 0 aromatic heterocycles. The fourth-order valence-corrected chi connectivity index (χ4v) is 4.32. The van der Waals surface area contributed by atoms with E-state index in [4.69, 9.17) is 14.2 Å². The van der Waals surface area contributed by atoms with E-state index in [1.807, 2.05) is 6.07 Å². The molecule has 3 aliphatic rings. The summed E-state index contributed by atoms with van der Waals surface area (Å²) in [5, 5.41) is 2.19. The van der Waals surface area contributed by atoms with E-state index in [0.717, 1.165) is 16.0 Å². The molecular formula is C21H23N3O7. The second-order valence-electron chi connectivity index (χ2n) is 7.46. The second-order valence-corrected chi connectivity index (χ2v) is 7.46. The summed E-state index contributed by atoms with van der Waals surface area (Å²) in [4.78, 5) is 52.0. The molecule has 10 heteroatoms. The summed E-state index contributed by atoms with van der Waals surface area (Å²) in [5.41, 5.74) is 2.06. The molecule has 0 saturated carbocycles. The van der Waals surface area contributed by atoms with Crippen LogP contribution in [-0.2, 0) is 32.1 Å². The zero-order valence-electron chi connectivity index (χ0n) is 17.5. The van der Waals surface area contributed by atoms with Crippen LogP contribution in [0.25, 0.3) is 0 Å². The van der Waals surface area contributed by atoms with Gasteiger partial charge in [0.05, 0.1) is 21.3 Å². The Morgan fingerprint density at radius 2 is 1.74 bits per heavy atom. The number of nitrogens with one attached hydrogen (secondary N) is 1. The molecule has 4 amide bonds. The van der Waals surface area contributed by atoms with Crippen molar-refractivity contribution >= 4 is 23.6 Å². The molecule has 4 rings (SSSR count). The monoisotopic (exact) mass is 429 g/mol. The summed E-state index contributed by atoms with van der Waals surface area (Å²) in [6.07, 6.45) is 2.06. The molecule has 3 heterocycles. The number of carbonyl (C=O) groups excluding carboxylic acids is 4. The lowest BCUT2D eigenvalue weighted by molar-refractivity contribution is -0.150. The molecular weight excluding hydrogens is 406 g/mol. The average Bonchev–Trinajstić information content (AvgIpc) is 3.05. The number of hydrogen-bond donors (Lipinski definition) is 1. The molecule has 1 saturated heterocycles. The lowest BCUT2D eigenvalue weighted by Gasteiger charge is -2.33. The van der Waals surface area contributed by atoms with Crippen LogP contribution in [0.4, 0.5) is 0 Å². The second kappa shape index (κ2) is 7.93. The Labute approximate surface area is 178 Å². The predicted octanol–water partition coefficient (Wildman–Crippen LogP) is 0.128. The largest absolute Gasteiger partial charge is 0.493 e. The lowest BCUT2D eigenvalue weighted by Crippen LogP contribution is -2.55. The van der Waals surface area contributed by atoms with Crippen molar-refractivity contribution in [2.45, 2.75) is 31.8 Å². The highest BCUT2D eigenvalue weighted by molar-refractivity contribution is 6.18. The van der Waals surface area contributed by atoms with Gasteiger partial charge in [0.25, 0.3) is 11.8 Å². The van der Waals surface area contributed by atoms with Crippen molar-refractivity contribution in [2.75, 3.05) is 27.9 Å². The van der Waals surface area contributed by atoms with Gasteiger partial charge in [-0.15, -0.1) is 0 Å². The first kappa shape index (κ1) is 20.7. The first-order chi connectivity index (χ1) is 14.9. The Hall–Kier alpha value is -3.56. The van der Waals surface area contributed by atoms with Gasteiger partial charge >= 0.3 is 0 Å². The van der Waals surface area contributed by atoms with Gasteiger partial charge in [0.2, 0.25) is 17.6 Å². The predicted molar refractivity (Wildman–Crippen MR) is 106 cm³/mol. The third-order valence-corrected chi connectivity index (χ3v) is 5.82. The standard InChI is InChI=1S/C21H23N3O7/c1-29-15-8-11-6-7-23(10-12(11)18(30-2)19(15)31-3)14-9-17(26)24(21(14)28)13-4-5-16(25)22-20(13)27/h8-9,13H,4-7,10H2,1-3H3,(H,22,25,27). The van der Waals surface area contributed by atoms with Crippen LogP contribution in [0.15, 0.2) is 17.8 Å². The van der Waals surface area contributed by atoms with Crippen molar-refractivity contribution < 1.29 is 33.4 Å². The minimum atomic E-state index is -0.984. The fraction of sp³-hybridized carbons (Fsp3) is 0.429. The van der Waals surface area contributed by atoms with Gasteiger partial charge in [0.1, 0.15) is 11.7 Å².